The maximum absolute atomic E-state index is 10.4. The number of benzene rings is 1. The number of rotatable bonds is 5. The van der Waals surface area contributed by atoms with Gasteiger partial charge < -0.3 is 10.8 Å². The molecule has 3 N–H and O–H groups in total. The van der Waals surface area contributed by atoms with E-state index in [2.05, 4.69) is 30.1 Å². The van der Waals surface area contributed by atoms with Crippen LogP contribution >= 0.6 is 0 Å². The van der Waals surface area contributed by atoms with Crippen molar-refractivity contribution < 1.29 is 5.11 Å². The molecule has 3 nitrogen and oxygen atoms in total. The molecule has 18 heavy (non-hydrogen) atoms. The van der Waals surface area contributed by atoms with Crippen LogP contribution in [-0.4, -0.2) is 29.2 Å². The van der Waals surface area contributed by atoms with Crippen LogP contribution in [0.2, 0.25) is 0 Å². The molecule has 0 heterocycles. The summed E-state index contributed by atoms with van der Waals surface area (Å²) in [4.78, 5) is 2.21. The van der Waals surface area contributed by atoms with E-state index in [0.29, 0.717) is 6.54 Å². The van der Waals surface area contributed by atoms with Crippen molar-refractivity contribution in [2.24, 2.45) is 5.73 Å². The van der Waals surface area contributed by atoms with Crippen molar-refractivity contribution in [1.29, 1.82) is 0 Å². The summed E-state index contributed by atoms with van der Waals surface area (Å²) >= 11 is 0. The molecule has 1 aromatic rings. The van der Waals surface area contributed by atoms with Crippen LogP contribution < -0.4 is 5.73 Å². The Bertz CT molecular complexity index is 386. The maximum Gasteiger partial charge on any atom is 0.0774 e. The molecule has 0 spiro atoms. The molecule has 2 rings (SSSR count). The molecule has 3 heteroatoms. The molecule has 1 aromatic carbocycles. The Balaban J connectivity index is 1.91. The van der Waals surface area contributed by atoms with Crippen LogP contribution in [0, 0.1) is 0 Å². The van der Waals surface area contributed by atoms with E-state index in [-0.39, 0.29) is 0 Å². The van der Waals surface area contributed by atoms with Crippen LogP contribution in [0.3, 0.4) is 0 Å². The lowest BCUT2D eigenvalue weighted by Gasteiger charge is -2.28. The Kier molecular flexibility index (Phi) is 4.38. The van der Waals surface area contributed by atoms with Gasteiger partial charge in [0.25, 0.3) is 0 Å². The van der Waals surface area contributed by atoms with Gasteiger partial charge >= 0.3 is 0 Å². The van der Waals surface area contributed by atoms with E-state index in [9.17, 15) is 5.11 Å². The van der Waals surface area contributed by atoms with Gasteiger partial charge in [-0.25, -0.2) is 0 Å². The zero-order valence-electron chi connectivity index (χ0n) is 11.2. The van der Waals surface area contributed by atoms with Crippen molar-refractivity contribution in [3.05, 3.63) is 35.4 Å². The van der Waals surface area contributed by atoms with Gasteiger partial charge in [0.2, 0.25) is 0 Å². The Morgan fingerprint density at radius 3 is 2.61 bits per heavy atom. The van der Waals surface area contributed by atoms with Crippen molar-refractivity contribution in [1.82, 2.24) is 4.90 Å². The highest BCUT2D eigenvalue weighted by Crippen LogP contribution is 2.30. The van der Waals surface area contributed by atoms with Gasteiger partial charge in [-0.05, 0) is 31.0 Å². The summed E-state index contributed by atoms with van der Waals surface area (Å²) in [7, 11) is 2.07. The van der Waals surface area contributed by atoms with Crippen molar-refractivity contribution in [2.45, 2.75) is 44.4 Å². The van der Waals surface area contributed by atoms with Crippen LogP contribution in [0.1, 0.15) is 36.8 Å². The maximum atomic E-state index is 10.4. The minimum atomic E-state index is -0.458. The summed E-state index contributed by atoms with van der Waals surface area (Å²) in [5.74, 6) is 0. The largest absolute Gasteiger partial charge is 0.389 e. The third kappa shape index (κ3) is 3.55. The van der Waals surface area contributed by atoms with E-state index in [0.717, 1.165) is 38.8 Å². The first-order chi connectivity index (χ1) is 8.61. The first-order valence-corrected chi connectivity index (χ1v) is 6.80. The normalized spacial score (nSPS) is 18.4. The molecule has 1 fully saturated rings. The smallest absolute Gasteiger partial charge is 0.0774 e. The lowest BCUT2D eigenvalue weighted by Crippen LogP contribution is -2.38. The van der Waals surface area contributed by atoms with Crippen LogP contribution in [0.25, 0.3) is 0 Å². The summed E-state index contributed by atoms with van der Waals surface area (Å²) < 4.78 is 0. The van der Waals surface area contributed by atoms with Crippen LogP contribution in [0.4, 0.5) is 0 Å². The average molecular weight is 248 g/mol. The van der Waals surface area contributed by atoms with E-state index >= 15 is 0 Å². The molecule has 0 unspecified atom stereocenters. The van der Waals surface area contributed by atoms with E-state index in [1.165, 1.54) is 11.1 Å². The summed E-state index contributed by atoms with van der Waals surface area (Å²) in [6, 6.07) is 8.37. The van der Waals surface area contributed by atoms with Crippen LogP contribution in [0.15, 0.2) is 24.3 Å². The van der Waals surface area contributed by atoms with Gasteiger partial charge in [0, 0.05) is 19.6 Å². The minimum absolute atomic E-state index is 0.458. The van der Waals surface area contributed by atoms with Gasteiger partial charge in [-0.15, -0.1) is 0 Å². The predicted octanol–water partition coefficient (Wildman–Crippen LogP) is 1.88. The molecule has 0 saturated heterocycles. The highest BCUT2D eigenvalue weighted by atomic mass is 16.3. The van der Waals surface area contributed by atoms with E-state index in [1.807, 2.05) is 6.07 Å². The van der Waals surface area contributed by atoms with E-state index in [1.54, 1.807) is 0 Å². The summed E-state index contributed by atoms with van der Waals surface area (Å²) in [5, 5.41) is 10.4. The molecule has 1 saturated carbocycles. The van der Waals surface area contributed by atoms with Crippen molar-refractivity contribution in [2.75, 3.05) is 13.6 Å². The van der Waals surface area contributed by atoms with Crippen molar-refractivity contribution in [3.63, 3.8) is 0 Å². The van der Waals surface area contributed by atoms with Gasteiger partial charge in [0.05, 0.1) is 5.60 Å². The highest BCUT2D eigenvalue weighted by Gasteiger charge is 2.31. The Hall–Kier alpha value is -0.900. The Morgan fingerprint density at radius 2 is 1.94 bits per heavy atom. The monoisotopic (exact) mass is 248 g/mol. The highest BCUT2D eigenvalue weighted by molar-refractivity contribution is 5.23. The second-order valence-electron chi connectivity index (χ2n) is 5.63. The number of likely N-dealkylation sites (N-methyl/N-ethyl adjacent to an activating group) is 1. The lowest BCUT2D eigenvalue weighted by molar-refractivity contribution is 0.0145. The van der Waals surface area contributed by atoms with Gasteiger partial charge in [-0.2, -0.15) is 0 Å². The molecule has 1 aliphatic rings. The van der Waals surface area contributed by atoms with Crippen molar-refractivity contribution >= 4 is 0 Å². The second kappa shape index (κ2) is 5.83. The van der Waals surface area contributed by atoms with Crippen LogP contribution in [0.5, 0.6) is 0 Å². The van der Waals surface area contributed by atoms with Crippen molar-refractivity contribution in [3.8, 4) is 0 Å². The zero-order valence-corrected chi connectivity index (χ0v) is 11.2. The zero-order chi connectivity index (χ0) is 13.0. The number of nitrogens with zero attached hydrogens (tertiary/aromatic N) is 1. The van der Waals surface area contributed by atoms with Gasteiger partial charge in [0.1, 0.15) is 0 Å². The fourth-order valence-electron chi connectivity index (χ4n) is 2.92. The number of nitrogens with two attached hydrogens (primary N) is 1. The number of hydrogen-bond acceptors (Lipinski definition) is 3. The minimum Gasteiger partial charge on any atom is -0.389 e. The molecular formula is C15H24N2O. The molecule has 0 bridgehead atoms. The van der Waals surface area contributed by atoms with Gasteiger partial charge in [-0.1, -0.05) is 37.1 Å². The molecule has 1 aliphatic carbocycles. The molecule has 0 aromatic heterocycles. The van der Waals surface area contributed by atoms with E-state index < -0.39 is 5.60 Å². The summed E-state index contributed by atoms with van der Waals surface area (Å²) in [6.07, 6.45) is 4.21. The SMILES string of the molecule is CN(Cc1cccc(CN)c1)CC1(O)CCCC1. The number of aliphatic hydroxyl groups is 1. The third-order valence-electron chi connectivity index (χ3n) is 3.78. The van der Waals surface area contributed by atoms with E-state index in [4.69, 9.17) is 5.73 Å². The first kappa shape index (κ1) is 13.5. The fraction of sp³-hybridized carbons (Fsp3) is 0.600. The topological polar surface area (TPSA) is 49.5 Å². The lowest BCUT2D eigenvalue weighted by atomic mass is 10.0. The second-order valence-corrected chi connectivity index (χ2v) is 5.63. The first-order valence-electron chi connectivity index (χ1n) is 6.80. The van der Waals surface area contributed by atoms with Crippen LogP contribution in [-0.2, 0) is 13.1 Å². The summed E-state index contributed by atoms with van der Waals surface area (Å²) in [6.45, 7) is 2.22. The average Bonchev–Trinajstić information content (AvgIpc) is 2.75. The molecule has 0 aliphatic heterocycles. The Labute approximate surface area is 110 Å². The molecule has 0 atom stereocenters. The fourth-order valence-corrected chi connectivity index (χ4v) is 2.92. The molecule has 0 amide bonds. The predicted molar refractivity (Wildman–Crippen MR) is 74.1 cm³/mol. The van der Waals surface area contributed by atoms with Gasteiger partial charge in [0.15, 0.2) is 0 Å². The van der Waals surface area contributed by atoms with Gasteiger partial charge in [-0.3, -0.25) is 4.90 Å². The molecule has 100 valence electrons. The molecular weight excluding hydrogens is 224 g/mol. The standard InChI is InChI=1S/C15H24N2O/c1-17(12-15(18)7-2-3-8-15)11-14-6-4-5-13(9-14)10-16/h4-6,9,18H,2-3,7-8,10-12,16H2,1H3. The quantitative estimate of drug-likeness (QED) is 0.836. The third-order valence-corrected chi connectivity index (χ3v) is 3.78. The summed E-state index contributed by atoms with van der Waals surface area (Å²) in [5.41, 5.74) is 7.62. The Morgan fingerprint density at radius 1 is 1.28 bits per heavy atom. The number of hydrogen-bond donors (Lipinski definition) is 2. The molecule has 0 radical (unpaired) electrons.